The molecule has 0 aliphatic carbocycles. The topological polar surface area (TPSA) is 103 Å². The number of anilines is 1. The quantitative estimate of drug-likeness (QED) is 0.430. The molecular weight excluding hydrogens is 462 g/mol. The van der Waals surface area contributed by atoms with Crippen LogP contribution in [-0.2, 0) is 31.5 Å². The van der Waals surface area contributed by atoms with Gasteiger partial charge in [-0.05, 0) is 26.8 Å². The Morgan fingerprint density at radius 2 is 1.94 bits per heavy atom. The zero-order valence-corrected chi connectivity index (χ0v) is 19.0. The standard InChI is InChI=1S/C22H25F4N3O5/c1-11-28-17(16(24)19(30)32-4)14(20-33-8-9-34-20)18(29-11)27-10-12-6-5-7-13(15(12)23)22(25,26)21(2,3)31/h5-7,16,20,31H,8-10H2,1-4H3,(H,27,28,29). The highest BCUT2D eigenvalue weighted by atomic mass is 19.3. The lowest BCUT2D eigenvalue weighted by atomic mass is 9.92. The molecule has 34 heavy (non-hydrogen) atoms. The first-order valence-corrected chi connectivity index (χ1v) is 10.3. The Morgan fingerprint density at radius 1 is 1.29 bits per heavy atom. The number of halogens is 4. The fraction of sp³-hybridized carbons (Fsp3) is 0.500. The zero-order valence-electron chi connectivity index (χ0n) is 19.0. The van der Waals surface area contributed by atoms with Crippen molar-refractivity contribution in [3.05, 3.63) is 52.2 Å². The van der Waals surface area contributed by atoms with Crippen LogP contribution in [0.1, 0.15) is 54.5 Å². The summed E-state index contributed by atoms with van der Waals surface area (Å²) in [6.45, 7) is 3.25. The third kappa shape index (κ3) is 4.98. The Labute approximate surface area is 193 Å². The van der Waals surface area contributed by atoms with E-state index in [1.807, 2.05) is 0 Å². The number of aliphatic hydroxyl groups is 1. The third-order valence-electron chi connectivity index (χ3n) is 5.22. The summed E-state index contributed by atoms with van der Waals surface area (Å²) in [6.07, 6.45) is -3.39. The molecule has 0 radical (unpaired) electrons. The van der Waals surface area contributed by atoms with Crippen molar-refractivity contribution in [2.24, 2.45) is 0 Å². The van der Waals surface area contributed by atoms with Gasteiger partial charge in [-0.15, -0.1) is 0 Å². The summed E-state index contributed by atoms with van der Waals surface area (Å²) >= 11 is 0. The molecule has 12 heteroatoms. The second-order valence-corrected chi connectivity index (χ2v) is 8.14. The molecule has 2 aromatic rings. The smallest absolute Gasteiger partial charge is 0.346 e. The molecular formula is C22H25F4N3O5. The maximum atomic E-state index is 15.0. The number of carbonyl (C=O) groups excluding carboxylic acids is 1. The number of nitrogens with one attached hydrogen (secondary N) is 1. The van der Waals surface area contributed by atoms with Gasteiger partial charge in [-0.25, -0.2) is 23.5 Å². The molecule has 3 rings (SSSR count). The molecule has 1 aromatic heterocycles. The van der Waals surface area contributed by atoms with Gasteiger partial charge in [-0.3, -0.25) is 0 Å². The van der Waals surface area contributed by atoms with E-state index in [9.17, 15) is 23.1 Å². The van der Waals surface area contributed by atoms with E-state index in [1.165, 1.54) is 19.1 Å². The Balaban J connectivity index is 2.00. The summed E-state index contributed by atoms with van der Waals surface area (Å²) < 4.78 is 74.4. The summed E-state index contributed by atoms with van der Waals surface area (Å²) in [4.78, 5) is 20.0. The number of aromatic nitrogens is 2. The minimum absolute atomic E-state index is 0.0278. The molecule has 2 N–H and O–H groups in total. The van der Waals surface area contributed by atoms with Crippen molar-refractivity contribution in [1.29, 1.82) is 0 Å². The van der Waals surface area contributed by atoms with E-state index < -0.39 is 41.3 Å². The highest BCUT2D eigenvalue weighted by Crippen LogP contribution is 2.41. The molecule has 0 bridgehead atoms. The number of esters is 1. The number of nitrogens with zero attached hydrogens (tertiary/aromatic N) is 2. The monoisotopic (exact) mass is 487 g/mol. The van der Waals surface area contributed by atoms with Crippen molar-refractivity contribution in [3.8, 4) is 0 Å². The number of hydrogen-bond acceptors (Lipinski definition) is 8. The van der Waals surface area contributed by atoms with Crippen molar-refractivity contribution in [3.63, 3.8) is 0 Å². The normalized spacial score (nSPS) is 15.9. The predicted octanol–water partition coefficient (Wildman–Crippen LogP) is 3.63. The van der Waals surface area contributed by atoms with Crippen LogP contribution in [0.25, 0.3) is 0 Å². The summed E-state index contributed by atoms with van der Waals surface area (Å²) in [5.74, 6) is -6.24. The van der Waals surface area contributed by atoms with Gasteiger partial charge in [-0.1, -0.05) is 12.1 Å². The Kier molecular flexibility index (Phi) is 7.44. The van der Waals surface area contributed by atoms with Crippen LogP contribution in [0.4, 0.5) is 23.4 Å². The fourth-order valence-corrected chi connectivity index (χ4v) is 3.37. The Bertz CT molecular complexity index is 1060. The average Bonchev–Trinajstić information content (AvgIpc) is 3.30. The molecule has 8 nitrogen and oxygen atoms in total. The van der Waals surface area contributed by atoms with E-state index in [-0.39, 0.29) is 48.2 Å². The number of hydrogen-bond donors (Lipinski definition) is 2. The molecule has 1 atom stereocenters. The van der Waals surface area contributed by atoms with Crippen molar-refractivity contribution in [2.75, 3.05) is 25.6 Å². The zero-order chi connectivity index (χ0) is 25.3. The molecule has 1 aliphatic heterocycles. The van der Waals surface area contributed by atoms with Crippen LogP contribution in [0.5, 0.6) is 0 Å². The predicted molar refractivity (Wildman–Crippen MR) is 111 cm³/mol. The molecule has 0 saturated carbocycles. The molecule has 2 heterocycles. The molecule has 186 valence electrons. The maximum Gasteiger partial charge on any atom is 0.346 e. The first-order chi connectivity index (χ1) is 15.9. The largest absolute Gasteiger partial charge is 0.467 e. The third-order valence-corrected chi connectivity index (χ3v) is 5.22. The van der Waals surface area contributed by atoms with Crippen LogP contribution in [0.2, 0.25) is 0 Å². The van der Waals surface area contributed by atoms with Gasteiger partial charge in [0.25, 0.3) is 0 Å². The molecule has 1 aliphatic rings. The van der Waals surface area contributed by atoms with Gasteiger partial charge in [0.15, 0.2) is 6.29 Å². The van der Waals surface area contributed by atoms with Gasteiger partial charge in [0, 0.05) is 12.1 Å². The molecule has 1 fully saturated rings. The van der Waals surface area contributed by atoms with Gasteiger partial charge >= 0.3 is 11.9 Å². The van der Waals surface area contributed by atoms with Crippen LogP contribution in [-0.4, -0.2) is 47.0 Å². The first kappa shape index (κ1) is 25.8. The van der Waals surface area contributed by atoms with E-state index in [2.05, 4.69) is 20.0 Å². The van der Waals surface area contributed by atoms with Crippen LogP contribution in [0, 0.1) is 12.7 Å². The van der Waals surface area contributed by atoms with Crippen LogP contribution in [0.3, 0.4) is 0 Å². The number of alkyl halides is 3. The van der Waals surface area contributed by atoms with Gasteiger partial charge < -0.3 is 24.6 Å². The number of carbonyl (C=O) groups is 1. The molecule has 1 unspecified atom stereocenters. The van der Waals surface area contributed by atoms with Gasteiger partial charge in [0.05, 0.1) is 31.5 Å². The summed E-state index contributed by atoms with van der Waals surface area (Å²) in [6, 6.07) is 3.39. The molecule has 0 spiro atoms. The number of ether oxygens (including phenoxy) is 3. The van der Waals surface area contributed by atoms with Crippen molar-refractivity contribution in [1.82, 2.24) is 9.97 Å². The minimum atomic E-state index is -3.87. The van der Waals surface area contributed by atoms with E-state index >= 15 is 4.39 Å². The van der Waals surface area contributed by atoms with Crippen LogP contribution >= 0.6 is 0 Å². The van der Waals surface area contributed by atoms with Gasteiger partial charge in [-0.2, -0.15) is 8.78 Å². The second-order valence-electron chi connectivity index (χ2n) is 8.14. The highest BCUT2D eigenvalue weighted by molar-refractivity contribution is 5.76. The average molecular weight is 487 g/mol. The SMILES string of the molecule is COC(=O)C(F)c1nc(C)nc(NCc2cccc(C(F)(F)C(C)(C)O)c2F)c1C1OCCO1. The highest BCUT2D eigenvalue weighted by Gasteiger charge is 2.49. The Hall–Kier alpha value is -2.83. The molecule has 1 saturated heterocycles. The number of benzene rings is 1. The van der Waals surface area contributed by atoms with E-state index in [4.69, 9.17) is 9.47 Å². The molecule has 0 amide bonds. The lowest BCUT2D eigenvalue weighted by Crippen LogP contribution is -2.41. The van der Waals surface area contributed by atoms with E-state index in [0.29, 0.717) is 0 Å². The fourth-order valence-electron chi connectivity index (χ4n) is 3.37. The number of aryl methyl sites for hydroxylation is 1. The van der Waals surface area contributed by atoms with Gasteiger partial charge in [0.2, 0.25) is 6.17 Å². The lowest BCUT2D eigenvalue weighted by Gasteiger charge is -2.30. The minimum Gasteiger partial charge on any atom is -0.467 e. The molecule has 1 aromatic carbocycles. The maximum absolute atomic E-state index is 15.0. The summed E-state index contributed by atoms with van der Waals surface area (Å²) in [5, 5.41) is 12.6. The van der Waals surface area contributed by atoms with Gasteiger partial charge in [0.1, 0.15) is 28.8 Å². The van der Waals surface area contributed by atoms with E-state index in [1.54, 1.807) is 0 Å². The second kappa shape index (κ2) is 9.80. The summed E-state index contributed by atoms with van der Waals surface area (Å²) in [7, 11) is 1.02. The first-order valence-electron chi connectivity index (χ1n) is 10.3. The van der Waals surface area contributed by atoms with Crippen LogP contribution < -0.4 is 5.32 Å². The van der Waals surface area contributed by atoms with Crippen molar-refractivity contribution in [2.45, 2.75) is 51.3 Å². The van der Waals surface area contributed by atoms with E-state index in [0.717, 1.165) is 27.0 Å². The number of rotatable bonds is 8. The van der Waals surface area contributed by atoms with Crippen molar-refractivity contribution < 1.29 is 41.7 Å². The lowest BCUT2D eigenvalue weighted by molar-refractivity contribution is -0.170. The Morgan fingerprint density at radius 3 is 2.53 bits per heavy atom. The van der Waals surface area contributed by atoms with Crippen LogP contribution in [0.15, 0.2) is 18.2 Å². The number of methoxy groups -OCH3 is 1. The summed E-state index contributed by atoms with van der Waals surface area (Å²) in [5.41, 5.74) is -4.03. The van der Waals surface area contributed by atoms with Crippen molar-refractivity contribution >= 4 is 11.8 Å².